The van der Waals surface area contributed by atoms with Crippen molar-refractivity contribution in [2.24, 2.45) is 0 Å². The minimum Gasteiger partial charge on any atom is -0.479 e. The fraction of sp³-hybridized carbons (Fsp3) is 0.0714. The summed E-state index contributed by atoms with van der Waals surface area (Å²) in [6.07, 6.45) is 0. The lowest BCUT2D eigenvalue weighted by Crippen LogP contribution is -2.20. The summed E-state index contributed by atoms with van der Waals surface area (Å²) in [6.45, 7) is 0. The molecule has 2 aromatic carbocycles. The Hall–Kier alpha value is -1.04. The average molecular weight is 420 g/mol. The highest BCUT2D eigenvalue weighted by molar-refractivity contribution is 9.13. The maximum Gasteiger partial charge on any atom is 0.330 e. The van der Waals surface area contributed by atoms with Crippen LogP contribution in [0, 0.1) is 0 Å². The van der Waals surface area contributed by atoms with Gasteiger partial charge < -0.3 is 10.4 Å². The summed E-state index contributed by atoms with van der Waals surface area (Å²) in [5.41, 5.74) is 1.35. The van der Waals surface area contributed by atoms with Crippen molar-refractivity contribution in [2.75, 3.05) is 5.32 Å². The lowest BCUT2D eigenvalue weighted by molar-refractivity contribution is -0.138. The molecule has 2 N–H and O–H groups in total. The van der Waals surface area contributed by atoms with Gasteiger partial charge in [0.05, 0.1) is 0 Å². The molecule has 0 fully saturated rings. The van der Waals surface area contributed by atoms with Crippen LogP contribution >= 0.6 is 43.5 Å². The number of carboxylic acid groups (broad SMARTS) is 1. The van der Waals surface area contributed by atoms with Crippen molar-refractivity contribution in [2.45, 2.75) is 6.04 Å². The van der Waals surface area contributed by atoms with Gasteiger partial charge in [0, 0.05) is 19.7 Å². The van der Waals surface area contributed by atoms with Crippen molar-refractivity contribution >= 4 is 55.1 Å². The third-order valence-electron chi connectivity index (χ3n) is 2.68. The number of halogens is 3. The summed E-state index contributed by atoms with van der Waals surface area (Å²) in [5, 5.41) is 13.0. The standard InChI is InChI=1S/C14H10Br2ClNO2/c15-11-6-1-8(7-12(11)16)13(14(19)20)18-10-4-2-9(17)3-5-10/h1-7,13,18H,(H,19,20). The molecular weight excluding hydrogens is 409 g/mol. The van der Waals surface area contributed by atoms with Crippen LogP contribution < -0.4 is 5.32 Å². The van der Waals surface area contributed by atoms with E-state index in [1.54, 1.807) is 42.5 Å². The molecule has 0 heterocycles. The smallest absolute Gasteiger partial charge is 0.330 e. The van der Waals surface area contributed by atoms with Gasteiger partial charge in [-0.2, -0.15) is 0 Å². The van der Waals surface area contributed by atoms with E-state index in [1.807, 2.05) is 0 Å². The first-order valence-corrected chi connectivity index (χ1v) is 7.63. The molecule has 0 spiro atoms. The predicted octanol–water partition coefficient (Wildman–Crippen LogP) is 5.10. The molecule has 0 saturated carbocycles. The van der Waals surface area contributed by atoms with Crippen LogP contribution in [-0.2, 0) is 4.79 Å². The molecule has 3 nitrogen and oxygen atoms in total. The van der Waals surface area contributed by atoms with E-state index in [1.165, 1.54) is 0 Å². The number of hydrogen-bond donors (Lipinski definition) is 2. The molecule has 0 saturated heterocycles. The zero-order valence-corrected chi connectivity index (χ0v) is 14.0. The molecule has 1 unspecified atom stereocenters. The Labute approximate surface area is 138 Å². The van der Waals surface area contributed by atoms with Crippen LogP contribution in [0.5, 0.6) is 0 Å². The zero-order valence-electron chi connectivity index (χ0n) is 10.1. The fourth-order valence-corrected chi connectivity index (χ4v) is 2.46. The molecule has 2 aromatic rings. The second kappa shape index (κ2) is 6.61. The molecule has 104 valence electrons. The Morgan fingerprint density at radius 3 is 2.30 bits per heavy atom. The molecular formula is C14H10Br2ClNO2. The lowest BCUT2D eigenvalue weighted by Gasteiger charge is -2.17. The van der Waals surface area contributed by atoms with Gasteiger partial charge in [-0.15, -0.1) is 0 Å². The number of anilines is 1. The van der Waals surface area contributed by atoms with E-state index in [0.717, 1.165) is 8.95 Å². The number of hydrogen-bond acceptors (Lipinski definition) is 2. The topological polar surface area (TPSA) is 49.3 Å². The molecule has 6 heteroatoms. The van der Waals surface area contributed by atoms with Crippen molar-refractivity contribution in [3.63, 3.8) is 0 Å². The van der Waals surface area contributed by atoms with E-state index < -0.39 is 12.0 Å². The second-order valence-corrected chi connectivity index (χ2v) is 6.24. The van der Waals surface area contributed by atoms with Gasteiger partial charge in [0.25, 0.3) is 0 Å². The largest absolute Gasteiger partial charge is 0.479 e. The van der Waals surface area contributed by atoms with E-state index in [4.69, 9.17) is 11.6 Å². The van der Waals surface area contributed by atoms with E-state index in [2.05, 4.69) is 37.2 Å². The van der Waals surface area contributed by atoms with Crippen molar-refractivity contribution in [3.8, 4) is 0 Å². The Kier molecular flexibility index (Phi) is 5.07. The van der Waals surface area contributed by atoms with Crippen LogP contribution in [0.4, 0.5) is 5.69 Å². The third-order valence-corrected chi connectivity index (χ3v) is 4.81. The van der Waals surface area contributed by atoms with Crippen LogP contribution in [0.1, 0.15) is 11.6 Å². The minimum atomic E-state index is -0.950. The number of benzene rings is 2. The number of nitrogens with one attached hydrogen (secondary N) is 1. The van der Waals surface area contributed by atoms with Crippen LogP contribution in [-0.4, -0.2) is 11.1 Å². The Balaban J connectivity index is 2.29. The van der Waals surface area contributed by atoms with E-state index in [0.29, 0.717) is 16.3 Å². The van der Waals surface area contributed by atoms with Crippen LogP contribution in [0.15, 0.2) is 51.4 Å². The predicted molar refractivity (Wildman–Crippen MR) is 87.3 cm³/mol. The quantitative estimate of drug-likeness (QED) is 0.725. The van der Waals surface area contributed by atoms with Crippen molar-refractivity contribution < 1.29 is 9.90 Å². The van der Waals surface area contributed by atoms with Crippen molar-refractivity contribution in [3.05, 3.63) is 62.0 Å². The molecule has 0 aliphatic carbocycles. The summed E-state index contributed by atoms with van der Waals surface area (Å²) >= 11 is 12.5. The zero-order chi connectivity index (χ0) is 14.7. The Morgan fingerprint density at radius 2 is 1.75 bits per heavy atom. The highest BCUT2D eigenvalue weighted by Crippen LogP contribution is 2.28. The Bertz CT molecular complexity index is 632. The lowest BCUT2D eigenvalue weighted by atomic mass is 10.1. The first kappa shape index (κ1) is 15.4. The van der Waals surface area contributed by atoms with Gasteiger partial charge in [-0.05, 0) is 73.8 Å². The van der Waals surface area contributed by atoms with Gasteiger partial charge in [-0.25, -0.2) is 4.79 Å². The summed E-state index contributed by atoms with van der Waals surface area (Å²) in [7, 11) is 0. The van der Waals surface area contributed by atoms with Crippen molar-refractivity contribution in [1.82, 2.24) is 0 Å². The van der Waals surface area contributed by atoms with Gasteiger partial charge in [-0.1, -0.05) is 17.7 Å². The summed E-state index contributed by atoms with van der Waals surface area (Å²) in [6, 6.07) is 11.4. The normalized spacial score (nSPS) is 11.9. The maximum absolute atomic E-state index is 11.5. The Morgan fingerprint density at radius 1 is 1.10 bits per heavy atom. The number of rotatable bonds is 4. The maximum atomic E-state index is 11.5. The van der Waals surface area contributed by atoms with Gasteiger partial charge in [0.1, 0.15) is 0 Å². The van der Waals surface area contributed by atoms with Gasteiger partial charge in [-0.3, -0.25) is 0 Å². The molecule has 0 aliphatic rings. The molecule has 0 aliphatic heterocycles. The monoisotopic (exact) mass is 417 g/mol. The number of carbonyl (C=O) groups is 1. The summed E-state index contributed by atoms with van der Waals surface area (Å²) in [5.74, 6) is -0.950. The van der Waals surface area contributed by atoms with Crippen molar-refractivity contribution in [1.29, 1.82) is 0 Å². The highest BCUT2D eigenvalue weighted by Gasteiger charge is 2.20. The minimum absolute atomic E-state index is 0.605. The van der Waals surface area contributed by atoms with Crippen LogP contribution in [0.3, 0.4) is 0 Å². The van der Waals surface area contributed by atoms with E-state index >= 15 is 0 Å². The second-order valence-electron chi connectivity index (χ2n) is 4.10. The molecule has 20 heavy (non-hydrogen) atoms. The summed E-state index contributed by atoms with van der Waals surface area (Å²) in [4.78, 5) is 11.5. The molecule has 0 amide bonds. The number of carboxylic acids is 1. The van der Waals surface area contributed by atoms with Gasteiger partial charge >= 0.3 is 5.97 Å². The van der Waals surface area contributed by atoms with Gasteiger partial charge in [0.2, 0.25) is 0 Å². The average Bonchev–Trinajstić information content (AvgIpc) is 2.41. The van der Waals surface area contributed by atoms with E-state index in [-0.39, 0.29) is 0 Å². The van der Waals surface area contributed by atoms with Gasteiger partial charge in [0.15, 0.2) is 6.04 Å². The number of aliphatic carboxylic acids is 1. The molecule has 0 radical (unpaired) electrons. The first-order chi connectivity index (χ1) is 9.47. The molecule has 0 aromatic heterocycles. The molecule has 0 bridgehead atoms. The summed E-state index contributed by atoms with van der Waals surface area (Å²) < 4.78 is 1.68. The SMILES string of the molecule is O=C(O)C(Nc1ccc(Cl)cc1)c1ccc(Br)c(Br)c1. The molecule has 1 atom stereocenters. The third kappa shape index (κ3) is 3.75. The van der Waals surface area contributed by atoms with Crippen LogP contribution in [0.2, 0.25) is 5.02 Å². The fourth-order valence-electron chi connectivity index (χ4n) is 1.69. The first-order valence-electron chi connectivity index (χ1n) is 5.67. The highest BCUT2D eigenvalue weighted by atomic mass is 79.9. The van der Waals surface area contributed by atoms with Crippen LogP contribution in [0.25, 0.3) is 0 Å². The van der Waals surface area contributed by atoms with E-state index in [9.17, 15) is 9.90 Å². The molecule has 2 rings (SSSR count).